The van der Waals surface area contributed by atoms with Gasteiger partial charge in [-0.15, -0.1) is 0 Å². The van der Waals surface area contributed by atoms with Crippen LogP contribution in [0.1, 0.15) is 38.4 Å². The fraction of sp³-hybridized carbons (Fsp3) is 0.591. The molecule has 1 unspecified atom stereocenters. The molecule has 2 fully saturated rings. The van der Waals surface area contributed by atoms with Crippen LogP contribution < -0.4 is 10.2 Å². The molecule has 0 radical (unpaired) electrons. The Morgan fingerprint density at radius 3 is 2.69 bits per heavy atom. The quantitative estimate of drug-likeness (QED) is 0.751. The summed E-state index contributed by atoms with van der Waals surface area (Å²) in [5.41, 5.74) is 0.773. The maximum Gasteiger partial charge on any atom is 0.409 e. The minimum atomic E-state index is -0.270. The number of amides is 2. The van der Waals surface area contributed by atoms with E-state index in [1.54, 1.807) is 24.9 Å². The Balaban J connectivity index is 1.29. The molecule has 4 heterocycles. The number of piperidine rings is 2. The average molecular weight is 443 g/mol. The third kappa shape index (κ3) is 5.17. The zero-order chi connectivity index (χ0) is 22.5. The van der Waals surface area contributed by atoms with Gasteiger partial charge in [-0.05, 0) is 51.7 Å². The van der Waals surface area contributed by atoms with Crippen LogP contribution >= 0.6 is 0 Å². The van der Waals surface area contributed by atoms with Crippen molar-refractivity contribution in [2.75, 3.05) is 37.7 Å². The number of carbonyl (C=O) groups excluding carboxylic acids is 2. The van der Waals surface area contributed by atoms with Crippen LogP contribution in [-0.4, -0.2) is 70.9 Å². The van der Waals surface area contributed by atoms with Crippen molar-refractivity contribution in [3.05, 3.63) is 24.2 Å². The van der Waals surface area contributed by atoms with Gasteiger partial charge in [0.15, 0.2) is 5.82 Å². The van der Waals surface area contributed by atoms with E-state index in [9.17, 15) is 9.59 Å². The lowest BCUT2D eigenvalue weighted by atomic mass is 9.95. The number of nitrogens with zero attached hydrogens (tertiary/aromatic N) is 5. The predicted octanol–water partition coefficient (Wildman–Crippen LogP) is 2.39. The molecule has 0 saturated carbocycles. The van der Waals surface area contributed by atoms with Crippen LogP contribution in [0.2, 0.25) is 0 Å². The van der Waals surface area contributed by atoms with Gasteiger partial charge in [-0.25, -0.2) is 9.78 Å². The van der Waals surface area contributed by atoms with E-state index in [0.717, 1.165) is 43.6 Å². The standard InChI is InChI=1S/C22H30N6O4/c1-3-31-22(30)27-11-8-18(9-12-27)25-20(29)17-5-4-10-28(14-17)19-7-6-16(13-23-19)21-24-15(2)26-32-21/h6-7,13,17-18H,3-5,8-12,14H2,1-2H3,(H,25,29). The van der Waals surface area contributed by atoms with E-state index < -0.39 is 0 Å². The minimum absolute atomic E-state index is 0.0769. The molecule has 2 aliphatic rings. The van der Waals surface area contributed by atoms with Crippen molar-refractivity contribution in [1.29, 1.82) is 0 Å². The molecule has 2 saturated heterocycles. The summed E-state index contributed by atoms with van der Waals surface area (Å²) in [6.07, 6.45) is 4.75. The maximum atomic E-state index is 12.9. The van der Waals surface area contributed by atoms with Gasteiger partial charge in [-0.3, -0.25) is 4.79 Å². The summed E-state index contributed by atoms with van der Waals surface area (Å²) in [6, 6.07) is 3.94. The van der Waals surface area contributed by atoms with E-state index >= 15 is 0 Å². The lowest BCUT2D eigenvalue weighted by molar-refractivity contribution is -0.126. The third-order valence-electron chi connectivity index (χ3n) is 6.01. The van der Waals surface area contributed by atoms with Crippen molar-refractivity contribution in [3.8, 4) is 11.5 Å². The molecule has 4 rings (SSSR count). The number of aromatic nitrogens is 3. The van der Waals surface area contributed by atoms with Gasteiger partial charge in [0.25, 0.3) is 5.89 Å². The molecule has 10 heteroatoms. The van der Waals surface area contributed by atoms with E-state index in [1.807, 2.05) is 12.1 Å². The first-order valence-electron chi connectivity index (χ1n) is 11.3. The van der Waals surface area contributed by atoms with Crippen LogP contribution in [0.25, 0.3) is 11.5 Å². The van der Waals surface area contributed by atoms with Gasteiger partial charge in [0.05, 0.1) is 18.1 Å². The van der Waals surface area contributed by atoms with Gasteiger partial charge in [-0.1, -0.05) is 5.16 Å². The van der Waals surface area contributed by atoms with Crippen LogP contribution in [0, 0.1) is 12.8 Å². The highest BCUT2D eigenvalue weighted by Crippen LogP contribution is 2.24. The number of nitrogens with one attached hydrogen (secondary N) is 1. The van der Waals surface area contributed by atoms with E-state index in [4.69, 9.17) is 9.26 Å². The van der Waals surface area contributed by atoms with Crippen molar-refractivity contribution in [3.63, 3.8) is 0 Å². The molecular weight excluding hydrogens is 412 g/mol. The van der Waals surface area contributed by atoms with Crippen LogP contribution in [0.5, 0.6) is 0 Å². The highest BCUT2D eigenvalue weighted by Gasteiger charge is 2.30. The monoisotopic (exact) mass is 442 g/mol. The first-order chi connectivity index (χ1) is 15.5. The molecule has 32 heavy (non-hydrogen) atoms. The van der Waals surface area contributed by atoms with Gasteiger partial charge in [0.1, 0.15) is 5.82 Å². The summed E-state index contributed by atoms with van der Waals surface area (Å²) in [5.74, 6) is 1.88. The Labute approximate surface area is 187 Å². The second-order valence-corrected chi connectivity index (χ2v) is 8.31. The summed E-state index contributed by atoms with van der Waals surface area (Å²) in [5, 5.41) is 7.00. The molecule has 2 aliphatic heterocycles. The van der Waals surface area contributed by atoms with Crippen LogP contribution in [0.15, 0.2) is 22.9 Å². The summed E-state index contributed by atoms with van der Waals surface area (Å²) in [6.45, 7) is 6.68. The summed E-state index contributed by atoms with van der Waals surface area (Å²) >= 11 is 0. The van der Waals surface area contributed by atoms with Crippen molar-refractivity contribution in [2.24, 2.45) is 5.92 Å². The molecule has 2 aromatic heterocycles. The number of anilines is 1. The van der Waals surface area contributed by atoms with Gasteiger partial charge < -0.3 is 24.4 Å². The SMILES string of the molecule is CCOC(=O)N1CCC(NC(=O)C2CCCN(c3ccc(-c4nc(C)no4)cn3)C2)CC1. The molecule has 2 amide bonds. The van der Waals surface area contributed by atoms with Crippen LogP contribution in [0.4, 0.5) is 10.6 Å². The first-order valence-corrected chi connectivity index (χ1v) is 11.3. The third-order valence-corrected chi connectivity index (χ3v) is 6.01. The zero-order valence-electron chi connectivity index (χ0n) is 18.6. The number of hydrogen-bond donors (Lipinski definition) is 1. The Kier molecular flexibility index (Phi) is 6.87. The average Bonchev–Trinajstić information content (AvgIpc) is 3.26. The van der Waals surface area contributed by atoms with E-state index in [0.29, 0.717) is 38.0 Å². The van der Waals surface area contributed by atoms with E-state index in [2.05, 4.69) is 25.3 Å². The van der Waals surface area contributed by atoms with Crippen molar-refractivity contribution in [1.82, 2.24) is 25.3 Å². The molecule has 1 atom stereocenters. The molecule has 0 aromatic carbocycles. The van der Waals surface area contributed by atoms with Crippen molar-refractivity contribution < 1.29 is 18.8 Å². The fourth-order valence-electron chi connectivity index (χ4n) is 4.25. The Morgan fingerprint density at radius 1 is 1.22 bits per heavy atom. The zero-order valence-corrected chi connectivity index (χ0v) is 18.6. The fourth-order valence-corrected chi connectivity index (χ4v) is 4.25. The molecule has 0 bridgehead atoms. The highest BCUT2D eigenvalue weighted by atomic mass is 16.6. The predicted molar refractivity (Wildman–Crippen MR) is 117 cm³/mol. The molecule has 10 nitrogen and oxygen atoms in total. The molecule has 0 aliphatic carbocycles. The first kappa shape index (κ1) is 22.0. The molecule has 2 aromatic rings. The number of hydrogen-bond acceptors (Lipinski definition) is 8. The van der Waals surface area contributed by atoms with Gasteiger partial charge in [-0.2, -0.15) is 4.98 Å². The highest BCUT2D eigenvalue weighted by molar-refractivity contribution is 5.80. The van der Waals surface area contributed by atoms with Crippen molar-refractivity contribution >= 4 is 17.8 Å². The van der Waals surface area contributed by atoms with Gasteiger partial charge in [0, 0.05) is 38.4 Å². The normalized spacial score (nSPS) is 19.6. The number of carbonyl (C=O) groups is 2. The number of likely N-dealkylation sites (tertiary alicyclic amines) is 1. The second kappa shape index (κ2) is 9.97. The summed E-state index contributed by atoms with van der Waals surface area (Å²) in [7, 11) is 0. The Bertz CT molecular complexity index is 923. The topological polar surface area (TPSA) is 114 Å². The summed E-state index contributed by atoms with van der Waals surface area (Å²) < 4.78 is 10.2. The lowest BCUT2D eigenvalue weighted by Gasteiger charge is -2.35. The van der Waals surface area contributed by atoms with E-state index in [1.165, 1.54) is 0 Å². The van der Waals surface area contributed by atoms with Crippen LogP contribution in [-0.2, 0) is 9.53 Å². The van der Waals surface area contributed by atoms with Gasteiger partial charge >= 0.3 is 6.09 Å². The number of aryl methyl sites for hydroxylation is 1. The summed E-state index contributed by atoms with van der Waals surface area (Å²) in [4.78, 5) is 37.4. The van der Waals surface area contributed by atoms with Crippen molar-refractivity contribution in [2.45, 2.75) is 45.6 Å². The Hall–Kier alpha value is -3.17. The molecule has 172 valence electrons. The van der Waals surface area contributed by atoms with E-state index in [-0.39, 0.29) is 24.0 Å². The number of pyridine rings is 1. The second-order valence-electron chi connectivity index (χ2n) is 8.31. The maximum absolute atomic E-state index is 12.9. The van der Waals surface area contributed by atoms with Crippen LogP contribution in [0.3, 0.4) is 0 Å². The number of rotatable bonds is 5. The smallest absolute Gasteiger partial charge is 0.409 e. The number of ether oxygens (including phenoxy) is 1. The largest absolute Gasteiger partial charge is 0.450 e. The van der Waals surface area contributed by atoms with Gasteiger partial charge in [0.2, 0.25) is 5.91 Å². The Morgan fingerprint density at radius 2 is 2.03 bits per heavy atom. The minimum Gasteiger partial charge on any atom is -0.450 e. The lowest BCUT2D eigenvalue weighted by Crippen LogP contribution is -2.50. The molecule has 0 spiro atoms. The molecular formula is C22H30N6O4. The molecule has 1 N–H and O–H groups in total.